The van der Waals surface area contributed by atoms with Crippen molar-refractivity contribution in [3.8, 4) is 17.2 Å². The van der Waals surface area contributed by atoms with Gasteiger partial charge in [-0.25, -0.2) is 0 Å². The van der Waals surface area contributed by atoms with Crippen molar-refractivity contribution in [2.45, 2.75) is 24.0 Å². The van der Waals surface area contributed by atoms with Gasteiger partial charge >= 0.3 is 0 Å². The third-order valence-corrected chi connectivity index (χ3v) is 6.13. The minimum atomic E-state index is -0.0393. The molecule has 0 radical (unpaired) electrons. The molecule has 6 heteroatoms. The van der Waals surface area contributed by atoms with Gasteiger partial charge in [0.2, 0.25) is 5.91 Å². The van der Waals surface area contributed by atoms with Crippen LogP contribution in [0.1, 0.15) is 23.4 Å². The van der Waals surface area contributed by atoms with E-state index in [9.17, 15) is 4.79 Å². The Labute approximate surface area is 164 Å². The molecule has 0 bridgehead atoms. The van der Waals surface area contributed by atoms with Gasteiger partial charge in [0.1, 0.15) is 11.1 Å². The van der Waals surface area contributed by atoms with Crippen LogP contribution in [-0.2, 0) is 11.2 Å². The predicted octanol–water partition coefficient (Wildman–Crippen LogP) is 3.92. The third-order valence-electron chi connectivity index (χ3n) is 4.74. The highest BCUT2D eigenvalue weighted by atomic mass is 32.2. The van der Waals surface area contributed by atoms with E-state index in [1.807, 2.05) is 54.3 Å². The molecule has 1 amide bonds. The van der Waals surface area contributed by atoms with Gasteiger partial charge in [0.05, 0.1) is 26.6 Å². The summed E-state index contributed by atoms with van der Waals surface area (Å²) in [5, 5.41) is -0.0129. The van der Waals surface area contributed by atoms with Crippen LogP contribution < -0.4 is 14.2 Å². The topological polar surface area (TPSA) is 48.0 Å². The molecule has 2 aromatic rings. The fourth-order valence-electron chi connectivity index (χ4n) is 3.21. The summed E-state index contributed by atoms with van der Waals surface area (Å²) in [6.07, 6.45) is 0.756. The Bertz CT molecular complexity index is 793. The Morgan fingerprint density at radius 1 is 0.963 bits per heavy atom. The third kappa shape index (κ3) is 4.16. The number of hydrogen-bond donors (Lipinski definition) is 0. The summed E-state index contributed by atoms with van der Waals surface area (Å²) in [5.41, 5.74) is 2.23. The first-order chi connectivity index (χ1) is 13.1. The number of thioether (sulfide) groups is 1. The average Bonchev–Trinajstić information content (AvgIpc) is 3.00. The summed E-state index contributed by atoms with van der Waals surface area (Å²) in [7, 11) is 4.91. The van der Waals surface area contributed by atoms with E-state index >= 15 is 0 Å². The lowest BCUT2D eigenvalue weighted by atomic mass is 10.1. The molecule has 2 atom stereocenters. The Morgan fingerprint density at radius 3 is 2.30 bits per heavy atom. The van der Waals surface area contributed by atoms with E-state index in [0.717, 1.165) is 23.3 Å². The maximum Gasteiger partial charge on any atom is 0.236 e. The monoisotopic (exact) mass is 387 g/mol. The SMILES string of the molecule is COc1ccc([C@H]2S[C@H](C)C(=O)N2CCc2ccc(OC)c(OC)c2)cc1. The summed E-state index contributed by atoms with van der Waals surface area (Å²) >= 11 is 1.69. The fourth-order valence-corrected chi connectivity index (χ4v) is 4.52. The van der Waals surface area contributed by atoms with Crippen LogP contribution in [0.3, 0.4) is 0 Å². The van der Waals surface area contributed by atoms with Crippen LogP contribution in [0.15, 0.2) is 42.5 Å². The zero-order chi connectivity index (χ0) is 19.4. The lowest BCUT2D eigenvalue weighted by Crippen LogP contribution is -2.32. The van der Waals surface area contributed by atoms with E-state index in [4.69, 9.17) is 14.2 Å². The number of rotatable bonds is 7. The Hall–Kier alpha value is -2.34. The van der Waals surface area contributed by atoms with Crippen molar-refractivity contribution in [1.82, 2.24) is 4.90 Å². The van der Waals surface area contributed by atoms with Gasteiger partial charge in [0.15, 0.2) is 11.5 Å². The minimum Gasteiger partial charge on any atom is -0.497 e. The van der Waals surface area contributed by atoms with Gasteiger partial charge < -0.3 is 19.1 Å². The molecule has 2 aromatic carbocycles. The van der Waals surface area contributed by atoms with Crippen LogP contribution >= 0.6 is 11.8 Å². The standard InChI is InChI=1S/C21H25NO4S/c1-14-20(23)22(21(27-14)16-6-8-17(24-2)9-7-16)12-11-15-5-10-18(25-3)19(13-15)26-4/h5-10,13-14,21H,11-12H2,1-4H3/t14-,21-/m1/s1. The van der Waals surface area contributed by atoms with E-state index in [1.165, 1.54) is 0 Å². The van der Waals surface area contributed by atoms with E-state index in [2.05, 4.69) is 0 Å². The predicted molar refractivity (Wildman–Crippen MR) is 108 cm³/mol. The molecule has 0 N–H and O–H groups in total. The molecule has 0 unspecified atom stereocenters. The van der Waals surface area contributed by atoms with Crippen molar-refractivity contribution < 1.29 is 19.0 Å². The van der Waals surface area contributed by atoms with Gasteiger partial charge in [0.25, 0.3) is 0 Å². The molecule has 1 aliphatic heterocycles. The Kier molecular flexibility index (Phi) is 6.16. The first-order valence-corrected chi connectivity index (χ1v) is 9.82. The van der Waals surface area contributed by atoms with Gasteiger partial charge in [-0.2, -0.15) is 0 Å². The molecular weight excluding hydrogens is 362 g/mol. The minimum absolute atomic E-state index is 0.0264. The molecule has 0 aromatic heterocycles. The fraction of sp³-hybridized carbons (Fsp3) is 0.381. The lowest BCUT2D eigenvalue weighted by Gasteiger charge is -2.24. The highest BCUT2D eigenvalue weighted by molar-refractivity contribution is 8.01. The van der Waals surface area contributed by atoms with E-state index < -0.39 is 0 Å². The number of amides is 1. The van der Waals surface area contributed by atoms with Gasteiger partial charge in [-0.15, -0.1) is 11.8 Å². The van der Waals surface area contributed by atoms with Crippen molar-refractivity contribution in [2.24, 2.45) is 0 Å². The molecule has 27 heavy (non-hydrogen) atoms. The number of carbonyl (C=O) groups is 1. The number of methoxy groups -OCH3 is 3. The van der Waals surface area contributed by atoms with Crippen LogP contribution in [0.2, 0.25) is 0 Å². The van der Waals surface area contributed by atoms with Crippen LogP contribution in [-0.4, -0.2) is 43.9 Å². The molecule has 1 fully saturated rings. The lowest BCUT2D eigenvalue weighted by molar-refractivity contribution is -0.129. The van der Waals surface area contributed by atoms with E-state index in [0.29, 0.717) is 18.0 Å². The van der Waals surface area contributed by atoms with Gasteiger partial charge in [-0.1, -0.05) is 18.2 Å². The maximum atomic E-state index is 12.7. The number of nitrogens with zero attached hydrogens (tertiary/aromatic N) is 1. The van der Waals surface area contributed by atoms with Crippen molar-refractivity contribution in [3.63, 3.8) is 0 Å². The number of carbonyl (C=O) groups excluding carboxylic acids is 1. The van der Waals surface area contributed by atoms with Crippen molar-refractivity contribution >= 4 is 17.7 Å². The van der Waals surface area contributed by atoms with Gasteiger partial charge in [-0.05, 0) is 48.7 Å². The van der Waals surface area contributed by atoms with Crippen LogP contribution in [0, 0.1) is 0 Å². The molecule has 0 saturated carbocycles. The zero-order valence-electron chi connectivity index (χ0n) is 16.1. The largest absolute Gasteiger partial charge is 0.497 e. The molecule has 3 rings (SSSR count). The smallest absolute Gasteiger partial charge is 0.236 e. The summed E-state index contributed by atoms with van der Waals surface area (Å²) in [5.74, 6) is 2.41. The molecule has 1 saturated heterocycles. The first-order valence-electron chi connectivity index (χ1n) is 8.88. The number of benzene rings is 2. The van der Waals surface area contributed by atoms with Crippen molar-refractivity contribution in [2.75, 3.05) is 27.9 Å². The maximum absolute atomic E-state index is 12.7. The average molecular weight is 388 g/mol. The van der Waals surface area contributed by atoms with Gasteiger partial charge in [-0.3, -0.25) is 4.79 Å². The first kappa shape index (κ1) is 19.4. The molecule has 5 nitrogen and oxygen atoms in total. The molecule has 1 aliphatic rings. The Balaban J connectivity index is 1.75. The highest BCUT2D eigenvalue weighted by Crippen LogP contribution is 2.43. The van der Waals surface area contributed by atoms with Gasteiger partial charge in [0, 0.05) is 6.54 Å². The summed E-state index contributed by atoms with van der Waals surface area (Å²) in [6.45, 7) is 2.63. The Morgan fingerprint density at radius 2 is 1.67 bits per heavy atom. The second kappa shape index (κ2) is 8.57. The highest BCUT2D eigenvalue weighted by Gasteiger charge is 2.38. The van der Waals surface area contributed by atoms with Crippen LogP contribution in [0.4, 0.5) is 0 Å². The summed E-state index contributed by atoms with van der Waals surface area (Å²) in [6, 6.07) is 13.8. The molecule has 0 spiro atoms. The summed E-state index contributed by atoms with van der Waals surface area (Å²) in [4.78, 5) is 14.7. The normalized spacial score (nSPS) is 19.3. The van der Waals surface area contributed by atoms with Crippen LogP contribution in [0.5, 0.6) is 17.2 Å². The zero-order valence-corrected chi connectivity index (χ0v) is 16.9. The molecule has 0 aliphatic carbocycles. The van der Waals surface area contributed by atoms with Crippen LogP contribution in [0.25, 0.3) is 0 Å². The second-order valence-electron chi connectivity index (χ2n) is 6.37. The summed E-state index contributed by atoms with van der Waals surface area (Å²) < 4.78 is 15.9. The molecule has 1 heterocycles. The number of hydrogen-bond acceptors (Lipinski definition) is 5. The number of ether oxygens (including phenoxy) is 3. The van der Waals surface area contributed by atoms with E-state index in [1.54, 1.807) is 33.1 Å². The molecular formula is C21H25NO4S. The van der Waals surface area contributed by atoms with Crippen molar-refractivity contribution in [3.05, 3.63) is 53.6 Å². The van der Waals surface area contributed by atoms with E-state index in [-0.39, 0.29) is 16.5 Å². The van der Waals surface area contributed by atoms with Crippen molar-refractivity contribution in [1.29, 1.82) is 0 Å². The quantitative estimate of drug-likeness (QED) is 0.721. The molecule has 144 valence electrons. The second-order valence-corrected chi connectivity index (χ2v) is 7.80.